The van der Waals surface area contributed by atoms with Gasteiger partial charge in [-0.1, -0.05) is 17.3 Å². The molecule has 0 unspecified atom stereocenters. The third kappa shape index (κ3) is 8.35. The second-order valence-electron chi connectivity index (χ2n) is 10.7. The summed E-state index contributed by atoms with van der Waals surface area (Å²) in [5.74, 6) is -5.73. The van der Waals surface area contributed by atoms with Gasteiger partial charge in [-0.3, -0.25) is 28.5 Å². The van der Waals surface area contributed by atoms with E-state index in [1.165, 1.54) is 29.6 Å². The molecular weight excluding hydrogens is 692 g/mol. The first-order chi connectivity index (χ1) is 22.9. The lowest BCUT2D eigenvalue weighted by molar-refractivity contribution is -0.161. The number of anilines is 1. The van der Waals surface area contributed by atoms with E-state index >= 15 is 0 Å². The minimum Gasteiger partial charge on any atom is -0.503 e. The fourth-order valence-corrected chi connectivity index (χ4v) is 5.54. The van der Waals surface area contributed by atoms with E-state index in [-0.39, 0.29) is 32.9 Å². The number of carbonyl (C=O) groups is 5. The van der Waals surface area contributed by atoms with E-state index < -0.39 is 81.0 Å². The number of carboxylic acid groups (broad SMARTS) is 1. The van der Waals surface area contributed by atoms with Crippen LogP contribution in [0.2, 0.25) is 0 Å². The lowest BCUT2D eigenvalue weighted by Crippen LogP contribution is -2.74. The van der Waals surface area contributed by atoms with Gasteiger partial charge in [0.1, 0.15) is 17.4 Å². The van der Waals surface area contributed by atoms with Crippen molar-refractivity contribution >= 4 is 62.1 Å². The molecule has 3 aromatic rings. The predicted octanol–water partition coefficient (Wildman–Crippen LogP) is -1.44. The van der Waals surface area contributed by atoms with Gasteiger partial charge in [-0.2, -0.15) is 8.42 Å². The molecule has 0 radical (unpaired) electrons. The summed E-state index contributed by atoms with van der Waals surface area (Å²) in [5, 5.41) is 30.7. The Hall–Kier alpha value is -5.87. The van der Waals surface area contributed by atoms with E-state index in [2.05, 4.69) is 31.1 Å². The highest BCUT2D eigenvalue weighted by molar-refractivity contribution is 7.84. The molecule has 4 amide bonds. The summed E-state index contributed by atoms with van der Waals surface area (Å²) in [4.78, 5) is 85.5. The number of thiazole rings is 1. The fraction of sp³-hybridized carbons (Fsp3) is 0.259. The van der Waals surface area contributed by atoms with Crippen LogP contribution in [0.5, 0.6) is 5.75 Å². The molecule has 0 bridgehead atoms. The van der Waals surface area contributed by atoms with Gasteiger partial charge in [0, 0.05) is 36.3 Å². The molecule has 4 rings (SSSR count). The van der Waals surface area contributed by atoms with Crippen LogP contribution in [0, 0.1) is 0 Å². The van der Waals surface area contributed by atoms with E-state index in [1.807, 2.05) is 0 Å². The SMILES string of the molecule is CC(C)(ON=C(C(=O)N[C@@H]1C(=O)N(S(=O)(=O)O)[C@@H]1CNC(=O)c1ccc(CNC(=O)c2cc(=O)c(O)c[nH]2)cc1)c1csc(N)n1)C(=O)O. The summed E-state index contributed by atoms with van der Waals surface area (Å²) in [6.07, 6.45) is 0.973. The number of H-pyrrole nitrogens is 1. The van der Waals surface area contributed by atoms with Gasteiger partial charge in [-0.25, -0.2) is 14.1 Å². The van der Waals surface area contributed by atoms with E-state index in [0.29, 0.717) is 5.56 Å². The number of aromatic hydroxyl groups is 1. The van der Waals surface area contributed by atoms with E-state index in [4.69, 9.17) is 10.6 Å². The number of oxime groups is 1. The van der Waals surface area contributed by atoms with Crippen LogP contribution in [0.3, 0.4) is 0 Å². The number of carboxylic acids is 1. The molecule has 1 aromatic carbocycles. The van der Waals surface area contributed by atoms with Crippen LogP contribution in [0.15, 0.2) is 51.9 Å². The molecule has 22 heteroatoms. The summed E-state index contributed by atoms with van der Waals surface area (Å²) in [6.45, 7) is 1.72. The number of aromatic amines is 1. The van der Waals surface area contributed by atoms with Gasteiger partial charge in [-0.05, 0) is 31.5 Å². The van der Waals surface area contributed by atoms with Gasteiger partial charge in [0.05, 0.1) is 6.04 Å². The number of hydrogen-bond acceptors (Lipinski definition) is 14. The highest BCUT2D eigenvalue weighted by Gasteiger charge is 2.54. The molecule has 1 fully saturated rings. The average Bonchev–Trinajstić information content (AvgIpc) is 3.46. The number of benzene rings is 1. The van der Waals surface area contributed by atoms with Crippen molar-refractivity contribution in [3.05, 3.63) is 74.6 Å². The molecule has 20 nitrogen and oxygen atoms in total. The van der Waals surface area contributed by atoms with E-state index in [9.17, 15) is 52.0 Å². The Labute approximate surface area is 279 Å². The van der Waals surface area contributed by atoms with Gasteiger partial charge in [0.2, 0.25) is 11.0 Å². The molecule has 1 saturated heterocycles. The molecule has 260 valence electrons. The fourth-order valence-electron chi connectivity index (χ4n) is 4.12. The summed E-state index contributed by atoms with van der Waals surface area (Å²) < 4.78 is 33.6. The van der Waals surface area contributed by atoms with Gasteiger partial charge >= 0.3 is 16.3 Å². The molecule has 49 heavy (non-hydrogen) atoms. The number of pyridine rings is 1. The lowest BCUT2D eigenvalue weighted by Gasteiger charge is -2.44. The summed E-state index contributed by atoms with van der Waals surface area (Å²) >= 11 is 0.908. The second kappa shape index (κ2) is 14.1. The van der Waals surface area contributed by atoms with Crippen LogP contribution in [-0.4, -0.2) is 97.0 Å². The highest BCUT2D eigenvalue weighted by atomic mass is 32.2. The first kappa shape index (κ1) is 36.0. The van der Waals surface area contributed by atoms with Gasteiger partial charge in [0.15, 0.2) is 16.6 Å². The minimum atomic E-state index is -5.13. The number of aromatic nitrogens is 2. The molecule has 0 spiro atoms. The van der Waals surface area contributed by atoms with Crippen molar-refractivity contribution in [2.75, 3.05) is 12.3 Å². The molecule has 2 aromatic heterocycles. The summed E-state index contributed by atoms with van der Waals surface area (Å²) in [5.41, 5.74) is 2.78. The van der Waals surface area contributed by atoms with Crippen molar-refractivity contribution in [3.8, 4) is 5.75 Å². The number of hydrogen-bond donors (Lipinski definition) is 8. The lowest BCUT2D eigenvalue weighted by atomic mass is 9.98. The molecule has 9 N–H and O–H groups in total. The largest absolute Gasteiger partial charge is 0.503 e. The summed E-state index contributed by atoms with van der Waals surface area (Å²) in [7, 11) is -5.13. The number of β-lactam (4-membered cyclic amide) rings is 1. The van der Waals surface area contributed by atoms with Crippen molar-refractivity contribution in [2.45, 2.75) is 38.1 Å². The van der Waals surface area contributed by atoms with Crippen LogP contribution in [0.1, 0.15) is 46.0 Å². The zero-order chi connectivity index (χ0) is 36.3. The Morgan fingerprint density at radius 2 is 1.82 bits per heavy atom. The number of amides is 4. The number of nitrogen functional groups attached to an aromatic ring is 1. The maximum atomic E-state index is 13.2. The Bertz CT molecular complexity index is 2010. The van der Waals surface area contributed by atoms with Crippen molar-refractivity contribution in [1.29, 1.82) is 0 Å². The molecule has 3 heterocycles. The molecule has 1 aliphatic heterocycles. The van der Waals surface area contributed by atoms with Crippen molar-refractivity contribution < 1.29 is 52.0 Å². The topological polar surface area (TPSA) is 313 Å². The molecule has 1 aliphatic rings. The Balaban J connectivity index is 1.43. The second-order valence-corrected chi connectivity index (χ2v) is 12.9. The number of carbonyl (C=O) groups excluding carboxylic acids is 4. The monoisotopic (exact) mass is 720 g/mol. The van der Waals surface area contributed by atoms with Gasteiger partial charge in [-0.15, -0.1) is 11.3 Å². The average molecular weight is 721 g/mol. The molecule has 0 aliphatic carbocycles. The smallest absolute Gasteiger partial charge is 0.362 e. The zero-order valence-electron chi connectivity index (χ0n) is 25.4. The van der Waals surface area contributed by atoms with Gasteiger partial charge in [0.25, 0.3) is 23.6 Å². The Kier molecular flexibility index (Phi) is 10.3. The maximum absolute atomic E-state index is 13.2. The Morgan fingerprint density at radius 3 is 2.39 bits per heavy atom. The summed E-state index contributed by atoms with van der Waals surface area (Å²) in [6, 6.07) is 3.56. The van der Waals surface area contributed by atoms with E-state index in [0.717, 1.165) is 37.4 Å². The number of nitrogens with two attached hydrogens (primary N) is 1. The molecular formula is C27H28N8O12S2. The maximum Gasteiger partial charge on any atom is 0.362 e. The van der Waals surface area contributed by atoms with Crippen LogP contribution < -0.4 is 27.1 Å². The predicted molar refractivity (Wildman–Crippen MR) is 169 cm³/mol. The number of nitrogens with one attached hydrogen (secondary N) is 4. The van der Waals surface area contributed by atoms with Crippen LogP contribution >= 0.6 is 11.3 Å². The first-order valence-corrected chi connectivity index (χ1v) is 16.1. The quantitative estimate of drug-likeness (QED) is 0.0434. The zero-order valence-corrected chi connectivity index (χ0v) is 27.0. The Morgan fingerprint density at radius 1 is 1.14 bits per heavy atom. The van der Waals surface area contributed by atoms with Crippen molar-refractivity contribution in [3.63, 3.8) is 0 Å². The van der Waals surface area contributed by atoms with Crippen molar-refractivity contribution in [2.24, 2.45) is 5.16 Å². The van der Waals surface area contributed by atoms with Gasteiger partial charge < -0.3 is 41.7 Å². The van der Waals surface area contributed by atoms with E-state index in [1.54, 1.807) is 0 Å². The van der Waals surface area contributed by atoms with Crippen LogP contribution in [0.4, 0.5) is 5.13 Å². The minimum absolute atomic E-state index is 0.00382. The number of rotatable bonds is 13. The third-order valence-corrected chi connectivity index (χ3v) is 8.46. The van der Waals surface area contributed by atoms with Crippen LogP contribution in [0.25, 0.3) is 0 Å². The third-order valence-electron chi connectivity index (χ3n) is 6.84. The molecule has 2 atom stereocenters. The normalized spacial score (nSPS) is 16.3. The molecule has 0 saturated carbocycles. The number of nitrogens with zero attached hydrogens (tertiary/aromatic N) is 3. The standard InChI is InChI=1S/C27H28N8O12S2/c1-27(2,25(42)43)47-34-19(15-11-48-26(28)32-15)23(40)33-20-16(35(24(20)41)49(44,45)46)9-31-21(38)13-5-3-12(4-6-13)8-30-22(39)14-7-17(36)18(37)10-29-14/h3-7,10-11,16,20,37H,8-9H2,1-2H3,(H2,28,32)(H,29,36)(H,30,39)(H,31,38)(H,33,40)(H,42,43)(H,44,45,46)/t16-,20+/m1/s1. The number of aliphatic carboxylic acids is 1. The first-order valence-electron chi connectivity index (χ1n) is 13.8. The van der Waals surface area contributed by atoms with Crippen molar-refractivity contribution in [1.82, 2.24) is 30.2 Å². The van der Waals surface area contributed by atoms with Crippen LogP contribution in [-0.2, 0) is 36.1 Å². The highest BCUT2D eigenvalue weighted by Crippen LogP contribution is 2.24.